The fourth-order valence-corrected chi connectivity index (χ4v) is 1.69. The van der Waals surface area contributed by atoms with Crippen molar-refractivity contribution in [3.8, 4) is 0 Å². The Kier molecular flexibility index (Phi) is 3.23. The molecular weight excluding hydrogens is 166 g/mol. The van der Waals surface area contributed by atoms with Crippen molar-refractivity contribution in [2.45, 2.75) is 17.1 Å². The molecule has 0 aromatic heterocycles. The van der Waals surface area contributed by atoms with Crippen molar-refractivity contribution < 1.29 is 0 Å². The smallest absolute Gasteiger partial charge is 0.0452 e. The van der Waals surface area contributed by atoms with Crippen molar-refractivity contribution >= 4 is 17.4 Å². The molecule has 0 saturated carbocycles. The summed E-state index contributed by atoms with van der Waals surface area (Å²) in [7, 11) is 0. The predicted molar refractivity (Wildman–Crippen MR) is 56.4 cm³/mol. The first-order chi connectivity index (χ1) is 5.74. The molecule has 0 aliphatic carbocycles. The summed E-state index contributed by atoms with van der Waals surface area (Å²) in [5, 5.41) is 0.412. The maximum absolute atomic E-state index is 5.77. The molecule has 0 radical (unpaired) electrons. The highest BCUT2D eigenvalue weighted by Crippen LogP contribution is 2.28. The molecule has 0 aliphatic rings. The van der Waals surface area contributed by atoms with Gasteiger partial charge in [0.15, 0.2) is 0 Å². The van der Waals surface area contributed by atoms with Gasteiger partial charge < -0.3 is 5.73 Å². The summed E-state index contributed by atoms with van der Waals surface area (Å²) in [5.41, 5.74) is 6.61. The lowest BCUT2D eigenvalue weighted by molar-refractivity contribution is 1.24. The van der Waals surface area contributed by atoms with Crippen molar-refractivity contribution in [2.24, 2.45) is 0 Å². The van der Waals surface area contributed by atoms with Gasteiger partial charge in [-0.3, -0.25) is 0 Å². The van der Waals surface area contributed by atoms with Crippen molar-refractivity contribution in [3.63, 3.8) is 0 Å². The van der Waals surface area contributed by atoms with Gasteiger partial charge in [0.05, 0.1) is 0 Å². The predicted octanol–water partition coefficient (Wildman–Crippen LogP) is 2.94. The molecule has 0 amide bonds. The molecule has 0 aliphatic heterocycles. The molecule has 0 bridgehead atoms. The van der Waals surface area contributed by atoms with Crippen LogP contribution in [0.15, 0.2) is 41.8 Å². The van der Waals surface area contributed by atoms with Gasteiger partial charge in [0.25, 0.3) is 0 Å². The molecule has 2 heteroatoms. The fourth-order valence-electron chi connectivity index (χ4n) is 0.836. The number of para-hydroxylation sites is 1. The Hall–Kier alpha value is -0.890. The lowest BCUT2D eigenvalue weighted by atomic mass is 10.3. The number of hydrogen-bond donors (Lipinski definition) is 1. The molecular formula is C10H13NS. The van der Waals surface area contributed by atoms with Gasteiger partial charge >= 0.3 is 0 Å². The van der Waals surface area contributed by atoms with Crippen LogP contribution in [0.3, 0.4) is 0 Å². The van der Waals surface area contributed by atoms with Crippen LogP contribution >= 0.6 is 11.8 Å². The van der Waals surface area contributed by atoms with Gasteiger partial charge in [-0.05, 0) is 19.1 Å². The van der Waals surface area contributed by atoms with E-state index in [0.717, 1.165) is 10.6 Å². The molecule has 2 N–H and O–H groups in total. The van der Waals surface area contributed by atoms with Crippen LogP contribution in [0.25, 0.3) is 0 Å². The standard InChI is InChI=1S/C10H13NS/c1-3-8(2)12-10-7-5-4-6-9(10)11/h3-8H,1,11H2,2H3/t8-/m0/s1. The Morgan fingerprint density at radius 2 is 2.17 bits per heavy atom. The summed E-state index contributed by atoms with van der Waals surface area (Å²) in [4.78, 5) is 1.13. The average Bonchev–Trinajstić information content (AvgIpc) is 2.09. The van der Waals surface area contributed by atoms with Crippen molar-refractivity contribution in [3.05, 3.63) is 36.9 Å². The third-order valence-corrected chi connectivity index (χ3v) is 2.75. The molecule has 0 unspecified atom stereocenters. The highest BCUT2D eigenvalue weighted by atomic mass is 32.2. The molecule has 12 heavy (non-hydrogen) atoms. The molecule has 0 spiro atoms. The molecule has 1 atom stereocenters. The molecule has 64 valence electrons. The number of hydrogen-bond acceptors (Lipinski definition) is 2. The third-order valence-electron chi connectivity index (χ3n) is 1.56. The van der Waals surface area contributed by atoms with Gasteiger partial charge in [-0.1, -0.05) is 18.2 Å². The van der Waals surface area contributed by atoms with Crippen LogP contribution < -0.4 is 5.73 Å². The summed E-state index contributed by atoms with van der Waals surface area (Å²) < 4.78 is 0. The topological polar surface area (TPSA) is 26.0 Å². The highest BCUT2D eigenvalue weighted by Gasteiger charge is 2.01. The van der Waals surface area contributed by atoms with Crippen molar-refractivity contribution in [1.29, 1.82) is 0 Å². The van der Waals surface area contributed by atoms with Crippen LogP contribution in [-0.4, -0.2) is 5.25 Å². The van der Waals surface area contributed by atoms with Gasteiger partial charge in [-0.2, -0.15) is 0 Å². The van der Waals surface area contributed by atoms with Gasteiger partial charge in [0.2, 0.25) is 0 Å². The Balaban J connectivity index is 2.75. The fraction of sp³-hybridized carbons (Fsp3) is 0.200. The Morgan fingerprint density at radius 1 is 1.50 bits per heavy atom. The highest BCUT2D eigenvalue weighted by molar-refractivity contribution is 8.00. The van der Waals surface area contributed by atoms with Crippen molar-refractivity contribution in [1.82, 2.24) is 0 Å². The van der Waals surface area contributed by atoms with E-state index in [0.29, 0.717) is 5.25 Å². The molecule has 0 fully saturated rings. The number of benzene rings is 1. The van der Waals surface area contributed by atoms with Gasteiger partial charge in [0.1, 0.15) is 0 Å². The van der Waals surface area contributed by atoms with E-state index < -0.39 is 0 Å². The van der Waals surface area contributed by atoms with E-state index in [2.05, 4.69) is 13.5 Å². The first-order valence-electron chi connectivity index (χ1n) is 3.87. The number of thioether (sulfide) groups is 1. The molecule has 0 heterocycles. The van der Waals surface area contributed by atoms with Gasteiger partial charge in [0, 0.05) is 15.8 Å². The average molecular weight is 179 g/mol. The molecule has 1 rings (SSSR count). The number of rotatable bonds is 3. The quantitative estimate of drug-likeness (QED) is 0.438. The van der Waals surface area contributed by atoms with Crippen LogP contribution in [-0.2, 0) is 0 Å². The largest absolute Gasteiger partial charge is 0.398 e. The van der Waals surface area contributed by atoms with Gasteiger partial charge in [-0.25, -0.2) is 0 Å². The maximum Gasteiger partial charge on any atom is 0.0452 e. The lowest BCUT2D eigenvalue weighted by Gasteiger charge is -2.07. The minimum absolute atomic E-state index is 0.412. The van der Waals surface area contributed by atoms with Crippen LogP contribution in [0, 0.1) is 0 Å². The van der Waals surface area contributed by atoms with E-state index in [-0.39, 0.29) is 0 Å². The summed E-state index contributed by atoms with van der Waals surface area (Å²) in [5.74, 6) is 0. The zero-order valence-electron chi connectivity index (χ0n) is 7.16. The Labute approximate surface area is 77.7 Å². The van der Waals surface area contributed by atoms with E-state index in [4.69, 9.17) is 5.73 Å². The Bertz CT molecular complexity index is 270. The maximum atomic E-state index is 5.77. The number of nitrogens with two attached hydrogens (primary N) is 1. The molecule has 1 aromatic rings. The minimum Gasteiger partial charge on any atom is -0.398 e. The second kappa shape index (κ2) is 4.21. The normalized spacial score (nSPS) is 12.4. The lowest BCUT2D eigenvalue weighted by Crippen LogP contribution is -1.92. The van der Waals surface area contributed by atoms with E-state index in [1.54, 1.807) is 11.8 Å². The van der Waals surface area contributed by atoms with E-state index in [1.165, 1.54) is 0 Å². The first-order valence-corrected chi connectivity index (χ1v) is 4.75. The van der Waals surface area contributed by atoms with E-state index in [9.17, 15) is 0 Å². The zero-order valence-corrected chi connectivity index (χ0v) is 7.97. The number of nitrogen functional groups attached to an aromatic ring is 1. The molecule has 0 saturated heterocycles. The molecule has 1 nitrogen and oxygen atoms in total. The first kappa shape index (κ1) is 9.20. The van der Waals surface area contributed by atoms with Crippen LogP contribution in [0.2, 0.25) is 0 Å². The second-order valence-electron chi connectivity index (χ2n) is 2.60. The van der Waals surface area contributed by atoms with E-state index in [1.807, 2.05) is 30.3 Å². The minimum atomic E-state index is 0.412. The second-order valence-corrected chi connectivity index (χ2v) is 4.02. The van der Waals surface area contributed by atoms with Gasteiger partial charge in [-0.15, -0.1) is 18.3 Å². The van der Waals surface area contributed by atoms with Crippen LogP contribution in [0.1, 0.15) is 6.92 Å². The zero-order chi connectivity index (χ0) is 8.97. The summed E-state index contributed by atoms with van der Waals surface area (Å²) >= 11 is 1.73. The summed E-state index contributed by atoms with van der Waals surface area (Å²) in [6.45, 7) is 5.83. The summed E-state index contributed by atoms with van der Waals surface area (Å²) in [6.07, 6.45) is 1.91. The van der Waals surface area contributed by atoms with Crippen LogP contribution in [0.5, 0.6) is 0 Å². The monoisotopic (exact) mass is 179 g/mol. The number of anilines is 1. The molecule has 1 aromatic carbocycles. The third kappa shape index (κ3) is 2.31. The summed E-state index contributed by atoms with van der Waals surface area (Å²) in [6, 6.07) is 7.88. The SMILES string of the molecule is C=C[C@H](C)Sc1ccccc1N. The Morgan fingerprint density at radius 3 is 2.75 bits per heavy atom. The van der Waals surface area contributed by atoms with Crippen LogP contribution in [0.4, 0.5) is 5.69 Å². The van der Waals surface area contributed by atoms with E-state index >= 15 is 0 Å². The van der Waals surface area contributed by atoms with Crippen molar-refractivity contribution in [2.75, 3.05) is 5.73 Å².